The lowest BCUT2D eigenvalue weighted by atomic mass is 10.0. The molecular formula is C9H13ClO4. The molecule has 14 heavy (non-hydrogen) atoms. The number of cyclic esters (lactones) is 1. The first-order valence-corrected chi connectivity index (χ1v) is 4.80. The van der Waals surface area contributed by atoms with Crippen molar-refractivity contribution >= 4 is 17.6 Å². The largest absolute Gasteiger partial charge is 0.456 e. The standard InChI is InChI=1S/C9H13ClO4/c1-4(11)8(10)6-3-7(12)5(2)14-9(6)13/h3-5,7-8,11-12H,1-2H3/t4-,5+,7-,8?/m0/s1. The molecule has 4 atom stereocenters. The van der Waals surface area contributed by atoms with Gasteiger partial charge >= 0.3 is 5.97 Å². The summed E-state index contributed by atoms with van der Waals surface area (Å²) >= 11 is 5.77. The molecule has 0 saturated heterocycles. The SMILES string of the molecule is C[C@H](O)C(Cl)C1=C[C@H](O)[C@@H](C)OC1=O. The van der Waals surface area contributed by atoms with Gasteiger partial charge in [0, 0.05) is 0 Å². The average Bonchev–Trinajstić information content (AvgIpc) is 2.10. The zero-order valence-electron chi connectivity index (χ0n) is 7.98. The molecular weight excluding hydrogens is 208 g/mol. The summed E-state index contributed by atoms with van der Waals surface area (Å²) in [5.74, 6) is -0.580. The fraction of sp³-hybridized carbons (Fsp3) is 0.667. The number of carbonyl (C=O) groups excluding carboxylic acids is 1. The van der Waals surface area contributed by atoms with E-state index in [1.54, 1.807) is 6.92 Å². The quantitative estimate of drug-likeness (QED) is 0.516. The van der Waals surface area contributed by atoms with Gasteiger partial charge in [-0.25, -0.2) is 4.79 Å². The maximum absolute atomic E-state index is 11.3. The summed E-state index contributed by atoms with van der Waals surface area (Å²) in [5.41, 5.74) is 0.118. The molecule has 0 bridgehead atoms. The molecule has 0 aromatic heterocycles. The number of rotatable bonds is 2. The Bertz CT molecular complexity index is 262. The first-order valence-electron chi connectivity index (χ1n) is 4.36. The van der Waals surface area contributed by atoms with E-state index in [-0.39, 0.29) is 5.57 Å². The molecule has 0 saturated carbocycles. The maximum Gasteiger partial charge on any atom is 0.335 e. The minimum absolute atomic E-state index is 0.118. The summed E-state index contributed by atoms with van der Waals surface area (Å²) in [4.78, 5) is 11.3. The van der Waals surface area contributed by atoms with Gasteiger partial charge in [-0.05, 0) is 19.9 Å². The van der Waals surface area contributed by atoms with Gasteiger partial charge in [-0.3, -0.25) is 0 Å². The predicted octanol–water partition coefficient (Wildman–Crippen LogP) is 0.207. The first-order chi connectivity index (χ1) is 6.43. The number of halogens is 1. The van der Waals surface area contributed by atoms with Gasteiger partial charge < -0.3 is 14.9 Å². The minimum atomic E-state index is -0.865. The minimum Gasteiger partial charge on any atom is -0.456 e. The molecule has 0 radical (unpaired) electrons. The second kappa shape index (κ2) is 4.29. The van der Waals surface area contributed by atoms with E-state index in [1.807, 2.05) is 0 Å². The highest BCUT2D eigenvalue weighted by Gasteiger charge is 2.32. The summed E-state index contributed by atoms with van der Waals surface area (Å²) < 4.78 is 4.83. The summed E-state index contributed by atoms with van der Waals surface area (Å²) in [7, 11) is 0. The Balaban J connectivity index is 2.87. The van der Waals surface area contributed by atoms with Gasteiger partial charge in [0.1, 0.15) is 12.2 Å². The number of alkyl halides is 1. The lowest BCUT2D eigenvalue weighted by molar-refractivity contribution is -0.150. The van der Waals surface area contributed by atoms with Crippen LogP contribution in [-0.2, 0) is 9.53 Å². The second-order valence-electron chi connectivity index (χ2n) is 3.37. The van der Waals surface area contributed by atoms with E-state index in [9.17, 15) is 15.0 Å². The molecule has 1 unspecified atom stereocenters. The van der Waals surface area contributed by atoms with Crippen molar-refractivity contribution in [2.45, 2.75) is 37.5 Å². The molecule has 1 aliphatic rings. The van der Waals surface area contributed by atoms with Crippen LogP contribution in [0, 0.1) is 0 Å². The molecule has 1 rings (SSSR count). The Hall–Kier alpha value is -0.580. The van der Waals surface area contributed by atoms with Gasteiger partial charge in [-0.15, -0.1) is 11.6 Å². The van der Waals surface area contributed by atoms with Crippen LogP contribution in [0.3, 0.4) is 0 Å². The van der Waals surface area contributed by atoms with Crippen LogP contribution in [0.1, 0.15) is 13.8 Å². The summed E-state index contributed by atoms with van der Waals surface area (Å²) in [5, 5.41) is 17.7. The molecule has 0 spiro atoms. The van der Waals surface area contributed by atoms with Gasteiger partial charge in [0.25, 0.3) is 0 Å². The van der Waals surface area contributed by atoms with E-state index in [0.717, 1.165) is 0 Å². The Labute approximate surface area is 87.1 Å². The molecule has 80 valence electrons. The Kier molecular flexibility index (Phi) is 3.53. The number of ether oxygens (including phenoxy) is 1. The molecule has 0 amide bonds. The van der Waals surface area contributed by atoms with Crippen molar-refractivity contribution in [3.8, 4) is 0 Å². The van der Waals surface area contributed by atoms with Crippen molar-refractivity contribution in [3.05, 3.63) is 11.6 Å². The van der Waals surface area contributed by atoms with Gasteiger partial charge in [0.05, 0.1) is 17.1 Å². The van der Waals surface area contributed by atoms with E-state index in [4.69, 9.17) is 16.3 Å². The van der Waals surface area contributed by atoms with Gasteiger partial charge in [-0.2, -0.15) is 0 Å². The third-order valence-corrected chi connectivity index (χ3v) is 2.68. The highest BCUT2D eigenvalue weighted by molar-refractivity contribution is 6.25. The maximum atomic E-state index is 11.3. The summed E-state index contributed by atoms with van der Waals surface area (Å²) in [6.07, 6.45) is -0.955. The third-order valence-electron chi connectivity index (χ3n) is 2.08. The van der Waals surface area contributed by atoms with Crippen LogP contribution in [0.5, 0.6) is 0 Å². The van der Waals surface area contributed by atoms with Crippen LogP contribution in [0.4, 0.5) is 0 Å². The van der Waals surface area contributed by atoms with Gasteiger partial charge in [0.15, 0.2) is 0 Å². The molecule has 5 heteroatoms. The number of hydrogen-bond acceptors (Lipinski definition) is 4. The lowest BCUT2D eigenvalue weighted by Gasteiger charge is -2.26. The van der Waals surface area contributed by atoms with Crippen LogP contribution >= 0.6 is 11.6 Å². The topological polar surface area (TPSA) is 66.8 Å². The van der Waals surface area contributed by atoms with Crippen LogP contribution < -0.4 is 0 Å². The average molecular weight is 221 g/mol. The fourth-order valence-electron chi connectivity index (χ4n) is 1.16. The normalized spacial score (nSPS) is 31.8. The molecule has 0 aromatic carbocycles. The van der Waals surface area contributed by atoms with E-state index in [1.165, 1.54) is 13.0 Å². The van der Waals surface area contributed by atoms with Crippen molar-refractivity contribution in [3.63, 3.8) is 0 Å². The molecule has 1 aliphatic heterocycles. The summed E-state index contributed by atoms with van der Waals surface area (Å²) in [6, 6.07) is 0. The van der Waals surface area contributed by atoms with Crippen LogP contribution in [-0.4, -0.2) is 39.9 Å². The number of aliphatic hydroxyl groups is 2. The van der Waals surface area contributed by atoms with Crippen molar-refractivity contribution in [2.75, 3.05) is 0 Å². The van der Waals surface area contributed by atoms with E-state index in [0.29, 0.717) is 0 Å². The molecule has 0 aromatic rings. The Morgan fingerprint density at radius 1 is 1.64 bits per heavy atom. The zero-order chi connectivity index (χ0) is 10.9. The monoisotopic (exact) mass is 220 g/mol. The number of carbonyl (C=O) groups is 1. The number of hydrogen-bond donors (Lipinski definition) is 2. The lowest BCUT2D eigenvalue weighted by Crippen LogP contribution is -2.37. The van der Waals surface area contributed by atoms with Gasteiger partial charge in [0.2, 0.25) is 0 Å². The van der Waals surface area contributed by atoms with Crippen molar-refractivity contribution in [1.29, 1.82) is 0 Å². The third kappa shape index (κ3) is 2.26. The molecule has 4 nitrogen and oxygen atoms in total. The van der Waals surface area contributed by atoms with Crippen molar-refractivity contribution in [2.24, 2.45) is 0 Å². The number of esters is 1. The van der Waals surface area contributed by atoms with Gasteiger partial charge in [-0.1, -0.05) is 0 Å². The smallest absolute Gasteiger partial charge is 0.335 e. The predicted molar refractivity (Wildman–Crippen MR) is 51.0 cm³/mol. The number of aliphatic hydroxyl groups excluding tert-OH is 2. The van der Waals surface area contributed by atoms with Crippen LogP contribution in [0.25, 0.3) is 0 Å². The zero-order valence-corrected chi connectivity index (χ0v) is 8.73. The molecule has 1 heterocycles. The molecule has 0 fully saturated rings. The Morgan fingerprint density at radius 3 is 2.71 bits per heavy atom. The van der Waals surface area contributed by atoms with Crippen molar-refractivity contribution in [1.82, 2.24) is 0 Å². The Morgan fingerprint density at radius 2 is 2.21 bits per heavy atom. The van der Waals surface area contributed by atoms with Crippen LogP contribution in [0.15, 0.2) is 11.6 Å². The second-order valence-corrected chi connectivity index (χ2v) is 3.84. The first kappa shape index (κ1) is 11.5. The highest BCUT2D eigenvalue weighted by atomic mass is 35.5. The van der Waals surface area contributed by atoms with Crippen molar-refractivity contribution < 1.29 is 19.7 Å². The highest BCUT2D eigenvalue weighted by Crippen LogP contribution is 2.22. The fourth-order valence-corrected chi connectivity index (χ4v) is 1.32. The van der Waals surface area contributed by atoms with E-state index in [2.05, 4.69) is 0 Å². The summed E-state index contributed by atoms with van der Waals surface area (Å²) in [6.45, 7) is 3.05. The van der Waals surface area contributed by atoms with E-state index < -0.39 is 29.7 Å². The molecule has 2 N–H and O–H groups in total. The molecule has 0 aliphatic carbocycles. The van der Waals surface area contributed by atoms with E-state index >= 15 is 0 Å². The van der Waals surface area contributed by atoms with Crippen LogP contribution in [0.2, 0.25) is 0 Å².